The fourth-order valence-electron chi connectivity index (χ4n) is 1.74. The number of amides is 1. The third-order valence-electron chi connectivity index (χ3n) is 3.01. The molecule has 1 aromatic heterocycles. The predicted octanol–water partition coefficient (Wildman–Crippen LogP) is 1.05. The number of carboxylic acid groups (broad SMARTS) is 1. The summed E-state index contributed by atoms with van der Waals surface area (Å²) in [4.78, 5) is 24.5. The molecule has 0 atom stereocenters. The van der Waals surface area contributed by atoms with Crippen LogP contribution in [0.2, 0.25) is 0 Å². The third-order valence-corrected chi connectivity index (χ3v) is 3.01. The lowest BCUT2D eigenvalue weighted by Gasteiger charge is -2.34. The van der Waals surface area contributed by atoms with Crippen molar-refractivity contribution in [3.05, 3.63) is 17.5 Å². The largest absolute Gasteiger partial charge is 0.481 e. The van der Waals surface area contributed by atoms with Gasteiger partial charge in [0.05, 0.1) is 6.42 Å². The second-order valence-electron chi connectivity index (χ2n) is 5.08. The molecule has 1 rings (SSSR count). The van der Waals surface area contributed by atoms with E-state index < -0.39 is 11.5 Å². The number of hydrogen-bond acceptors (Lipinski definition) is 3. The maximum Gasteiger partial charge on any atom is 0.305 e. The summed E-state index contributed by atoms with van der Waals surface area (Å²) in [5.41, 5.74) is 0.381. The number of carbonyl (C=O) groups is 2. The van der Waals surface area contributed by atoms with Gasteiger partial charge in [0, 0.05) is 31.4 Å². The summed E-state index contributed by atoms with van der Waals surface area (Å²) in [6.45, 7) is 5.24. The van der Waals surface area contributed by atoms with Gasteiger partial charge in [0.15, 0.2) is 5.69 Å². The first-order chi connectivity index (χ1) is 8.15. The Morgan fingerprint density at radius 3 is 2.44 bits per heavy atom. The fraction of sp³-hybridized carbons (Fsp3) is 0.583. The summed E-state index contributed by atoms with van der Waals surface area (Å²) in [7, 11) is 3.34. The quantitative estimate of drug-likeness (QED) is 0.870. The molecular weight excluding hydrogens is 234 g/mol. The molecule has 18 heavy (non-hydrogen) atoms. The van der Waals surface area contributed by atoms with E-state index in [0.29, 0.717) is 5.69 Å². The van der Waals surface area contributed by atoms with Crippen molar-refractivity contribution < 1.29 is 14.7 Å². The first-order valence-corrected chi connectivity index (χ1v) is 5.65. The van der Waals surface area contributed by atoms with Gasteiger partial charge in [-0.3, -0.25) is 14.3 Å². The Morgan fingerprint density at radius 2 is 2.06 bits per heavy atom. The van der Waals surface area contributed by atoms with Crippen LogP contribution in [0.15, 0.2) is 6.20 Å². The zero-order valence-electron chi connectivity index (χ0n) is 11.4. The summed E-state index contributed by atoms with van der Waals surface area (Å²) < 4.78 is 1.57. The molecule has 1 amide bonds. The van der Waals surface area contributed by atoms with Gasteiger partial charge >= 0.3 is 5.97 Å². The van der Waals surface area contributed by atoms with Crippen molar-refractivity contribution in [1.29, 1.82) is 0 Å². The van der Waals surface area contributed by atoms with E-state index in [1.165, 1.54) is 4.90 Å². The molecule has 0 unspecified atom stereocenters. The SMILES string of the molecule is Cc1cn(C)nc1C(=O)N(C)C(C)(C)CC(=O)O. The molecule has 0 aliphatic heterocycles. The number of hydrogen-bond donors (Lipinski definition) is 1. The van der Waals surface area contributed by atoms with Crippen molar-refractivity contribution in [2.45, 2.75) is 32.7 Å². The van der Waals surface area contributed by atoms with E-state index in [-0.39, 0.29) is 12.3 Å². The third kappa shape index (κ3) is 2.88. The summed E-state index contributed by atoms with van der Waals surface area (Å²) >= 11 is 0. The lowest BCUT2D eigenvalue weighted by molar-refractivity contribution is -0.139. The first kappa shape index (κ1) is 14.2. The Kier molecular flexibility index (Phi) is 3.79. The average Bonchev–Trinajstić information content (AvgIpc) is 2.53. The molecule has 6 nitrogen and oxygen atoms in total. The van der Waals surface area contributed by atoms with Crippen LogP contribution in [0.3, 0.4) is 0 Å². The molecule has 1 aromatic rings. The Labute approximate surface area is 106 Å². The highest BCUT2D eigenvalue weighted by Gasteiger charge is 2.32. The average molecular weight is 253 g/mol. The van der Waals surface area contributed by atoms with Crippen LogP contribution in [0.1, 0.15) is 36.3 Å². The summed E-state index contributed by atoms with van der Waals surface area (Å²) in [5, 5.41) is 13.0. The van der Waals surface area contributed by atoms with Gasteiger partial charge in [-0.25, -0.2) is 0 Å². The number of aromatic nitrogens is 2. The van der Waals surface area contributed by atoms with E-state index >= 15 is 0 Å². The van der Waals surface area contributed by atoms with Crippen LogP contribution in [0, 0.1) is 6.92 Å². The van der Waals surface area contributed by atoms with Crippen molar-refractivity contribution in [2.24, 2.45) is 7.05 Å². The highest BCUT2D eigenvalue weighted by atomic mass is 16.4. The van der Waals surface area contributed by atoms with Crippen LogP contribution >= 0.6 is 0 Å². The molecule has 0 bridgehead atoms. The molecule has 1 N–H and O–H groups in total. The zero-order valence-corrected chi connectivity index (χ0v) is 11.4. The standard InChI is InChI=1S/C12H19N3O3/c1-8-7-14(4)13-10(8)11(18)15(5)12(2,3)6-9(16)17/h7H,6H2,1-5H3,(H,16,17). The molecule has 0 aliphatic carbocycles. The van der Waals surface area contributed by atoms with Gasteiger partial charge in [0.2, 0.25) is 0 Å². The summed E-state index contributed by atoms with van der Waals surface area (Å²) in [6.07, 6.45) is 1.65. The van der Waals surface area contributed by atoms with E-state index in [9.17, 15) is 9.59 Å². The summed E-state index contributed by atoms with van der Waals surface area (Å²) in [6, 6.07) is 0. The van der Waals surface area contributed by atoms with Crippen LogP contribution in [0.4, 0.5) is 0 Å². The van der Waals surface area contributed by atoms with Crippen molar-refractivity contribution in [3.63, 3.8) is 0 Å². The van der Waals surface area contributed by atoms with Crippen molar-refractivity contribution in [2.75, 3.05) is 7.05 Å². The van der Waals surface area contributed by atoms with Crippen LogP contribution in [-0.2, 0) is 11.8 Å². The van der Waals surface area contributed by atoms with Crippen LogP contribution in [0.5, 0.6) is 0 Å². The highest BCUT2D eigenvalue weighted by molar-refractivity contribution is 5.94. The molecule has 0 saturated heterocycles. The van der Waals surface area contributed by atoms with E-state index in [0.717, 1.165) is 5.56 Å². The Balaban J connectivity index is 2.97. The predicted molar refractivity (Wildman–Crippen MR) is 66.4 cm³/mol. The molecule has 6 heteroatoms. The van der Waals surface area contributed by atoms with Crippen LogP contribution in [0.25, 0.3) is 0 Å². The topological polar surface area (TPSA) is 75.4 Å². The number of carbonyl (C=O) groups excluding carboxylic acids is 1. The van der Waals surface area contributed by atoms with Gasteiger partial charge in [-0.05, 0) is 20.8 Å². The monoisotopic (exact) mass is 253 g/mol. The Hall–Kier alpha value is -1.85. The van der Waals surface area contributed by atoms with Crippen molar-refractivity contribution >= 4 is 11.9 Å². The number of aliphatic carboxylic acids is 1. The number of aryl methyl sites for hydroxylation is 2. The van der Waals surface area contributed by atoms with Crippen molar-refractivity contribution in [3.8, 4) is 0 Å². The lowest BCUT2D eigenvalue weighted by Crippen LogP contribution is -2.46. The van der Waals surface area contributed by atoms with Gasteiger partial charge in [0.1, 0.15) is 0 Å². The molecule has 0 aromatic carbocycles. The smallest absolute Gasteiger partial charge is 0.305 e. The van der Waals surface area contributed by atoms with E-state index in [4.69, 9.17) is 5.11 Å². The number of carboxylic acids is 1. The Morgan fingerprint density at radius 1 is 1.50 bits per heavy atom. The van der Waals surface area contributed by atoms with E-state index in [2.05, 4.69) is 5.10 Å². The maximum absolute atomic E-state index is 12.3. The van der Waals surface area contributed by atoms with E-state index in [1.807, 2.05) is 0 Å². The highest BCUT2D eigenvalue weighted by Crippen LogP contribution is 2.20. The minimum Gasteiger partial charge on any atom is -0.481 e. The lowest BCUT2D eigenvalue weighted by atomic mass is 9.98. The number of rotatable bonds is 4. The molecule has 0 radical (unpaired) electrons. The molecule has 0 fully saturated rings. The van der Waals surface area contributed by atoms with Crippen LogP contribution in [-0.4, -0.2) is 44.3 Å². The van der Waals surface area contributed by atoms with Crippen LogP contribution < -0.4 is 0 Å². The first-order valence-electron chi connectivity index (χ1n) is 5.65. The van der Waals surface area contributed by atoms with Gasteiger partial charge in [-0.1, -0.05) is 0 Å². The zero-order chi connectivity index (χ0) is 14.1. The summed E-state index contributed by atoms with van der Waals surface area (Å²) in [5.74, 6) is -1.20. The van der Waals surface area contributed by atoms with Crippen molar-refractivity contribution in [1.82, 2.24) is 14.7 Å². The maximum atomic E-state index is 12.3. The molecule has 0 saturated carbocycles. The van der Waals surface area contributed by atoms with Gasteiger partial charge < -0.3 is 10.0 Å². The molecular formula is C12H19N3O3. The second-order valence-corrected chi connectivity index (χ2v) is 5.08. The second kappa shape index (κ2) is 4.80. The molecule has 0 spiro atoms. The Bertz CT molecular complexity index is 477. The van der Waals surface area contributed by atoms with Gasteiger partial charge in [-0.15, -0.1) is 0 Å². The molecule has 0 aliphatic rings. The fourth-order valence-corrected chi connectivity index (χ4v) is 1.74. The van der Waals surface area contributed by atoms with Gasteiger partial charge in [0.25, 0.3) is 5.91 Å². The minimum atomic E-state index is -0.933. The molecule has 100 valence electrons. The normalized spacial score (nSPS) is 11.4. The number of nitrogens with zero attached hydrogens (tertiary/aromatic N) is 3. The molecule has 1 heterocycles. The van der Waals surface area contributed by atoms with Gasteiger partial charge in [-0.2, -0.15) is 5.10 Å². The minimum absolute atomic E-state index is 0.110. The van der Waals surface area contributed by atoms with E-state index in [1.54, 1.807) is 45.7 Å².